The highest BCUT2D eigenvalue weighted by molar-refractivity contribution is 7.89. The molecule has 6 nitrogen and oxygen atoms in total. The van der Waals surface area contributed by atoms with E-state index in [1.807, 2.05) is 19.1 Å². The average Bonchev–Trinajstić information content (AvgIpc) is 2.60. The number of aryl methyl sites for hydroxylation is 2. The van der Waals surface area contributed by atoms with E-state index in [4.69, 9.17) is 14.2 Å². The third-order valence-electron chi connectivity index (χ3n) is 3.69. The van der Waals surface area contributed by atoms with E-state index in [9.17, 15) is 8.42 Å². The van der Waals surface area contributed by atoms with Gasteiger partial charge >= 0.3 is 0 Å². The van der Waals surface area contributed by atoms with E-state index >= 15 is 0 Å². The summed E-state index contributed by atoms with van der Waals surface area (Å²) in [6, 6.07) is 10.5. The number of hydrogen-bond donors (Lipinski definition) is 1. The molecule has 25 heavy (non-hydrogen) atoms. The first-order chi connectivity index (χ1) is 11.9. The van der Waals surface area contributed by atoms with Gasteiger partial charge in [0.25, 0.3) is 0 Å². The van der Waals surface area contributed by atoms with Crippen molar-refractivity contribution in [3.63, 3.8) is 0 Å². The highest BCUT2D eigenvalue weighted by atomic mass is 32.2. The minimum atomic E-state index is -3.62. The smallest absolute Gasteiger partial charge is 0.240 e. The summed E-state index contributed by atoms with van der Waals surface area (Å²) in [5, 5.41) is 0. The van der Waals surface area contributed by atoms with E-state index < -0.39 is 10.0 Å². The number of methoxy groups -OCH3 is 2. The Balaban J connectivity index is 1.99. The van der Waals surface area contributed by atoms with Crippen molar-refractivity contribution >= 4 is 10.0 Å². The van der Waals surface area contributed by atoms with Crippen LogP contribution in [0.4, 0.5) is 0 Å². The van der Waals surface area contributed by atoms with Crippen molar-refractivity contribution in [2.24, 2.45) is 0 Å². The van der Waals surface area contributed by atoms with E-state index in [1.165, 1.54) is 0 Å². The monoisotopic (exact) mass is 365 g/mol. The van der Waals surface area contributed by atoms with Crippen LogP contribution >= 0.6 is 0 Å². The fourth-order valence-electron chi connectivity index (χ4n) is 2.39. The molecule has 0 spiro atoms. The first-order valence-corrected chi connectivity index (χ1v) is 9.27. The number of hydrogen-bond acceptors (Lipinski definition) is 5. The molecule has 0 amide bonds. The quantitative estimate of drug-likeness (QED) is 0.728. The highest BCUT2D eigenvalue weighted by Gasteiger charge is 2.18. The maximum Gasteiger partial charge on any atom is 0.240 e. The molecule has 0 aliphatic heterocycles. The molecule has 0 saturated heterocycles. The third kappa shape index (κ3) is 4.87. The molecule has 7 heteroatoms. The number of nitrogens with one attached hydrogen (secondary N) is 1. The van der Waals surface area contributed by atoms with Gasteiger partial charge in [-0.15, -0.1) is 0 Å². The van der Waals surface area contributed by atoms with Crippen molar-refractivity contribution in [3.8, 4) is 17.2 Å². The van der Waals surface area contributed by atoms with Crippen LogP contribution in [0.3, 0.4) is 0 Å². The largest absolute Gasteiger partial charge is 0.497 e. The Morgan fingerprint density at radius 3 is 2.36 bits per heavy atom. The Labute approximate surface area is 148 Å². The van der Waals surface area contributed by atoms with Gasteiger partial charge in [0.05, 0.1) is 19.1 Å². The van der Waals surface area contributed by atoms with Gasteiger partial charge < -0.3 is 14.2 Å². The molecule has 0 aromatic heterocycles. The summed E-state index contributed by atoms with van der Waals surface area (Å²) < 4.78 is 43.4. The van der Waals surface area contributed by atoms with Crippen LogP contribution in [0.25, 0.3) is 0 Å². The van der Waals surface area contributed by atoms with Crippen LogP contribution in [0.1, 0.15) is 11.1 Å². The average molecular weight is 365 g/mol. The molecular formula is C18H23NO5S. The van der Waals surface area contributed by atoms with Crippen LogP contribution < -0.4 is 18.9 Å². The van der Waals surface area contributed by atoms with Crippen molar-refractivity contribution in [2.45, 2.75) is 18.7 Å². The summed E-state index contributed by atoms with van der Waals surface area (Å²) in [7, 11) is -0.480. The summed E-state index contributed by atoms with van der Waals surface area (Å²) in [6.07, 6.45) is 0. The Hall–Kier alpha value is -2.25. The molecule has 2 aromatic rings. The SMILES string of the molecule is COc1cccc(OCCNS(=O)(=O)c2cc(C)c(OC)cc2C)c1. The van der Waals surface area contributed by atoms with E-state index in [0.29, 0.717) is 22.8 Å². The molecule has 0 fully saturated rings. The molecule has 0 radical (unpaired) electrons. The summed E-state index contributed by atoms with van der Waals surface area (Å²) in [5.41, 5.74) is 1.39. The normalized spacial score (nSPS) is 11.2. The van der Waals surface area contributed by atoms with E-state index in [0.717, 1.165) is 5.56 Å². The van der Waals surface area contributed by atoms with Gasteiger partial charge in [0.2, 0.25) is 10.0 Å². The minimum absolute atomic E-state index is 0.157. The molecular weight excluding hydrogens is 342 g/mol. The number of rotatable bonds is 8. The van der Waals surface area contributed by atoms with Crippen LogP contribution in [0.2, 0.25) is 0 Å². The summed E-state index contributed by atoms with van der Waals surface area (Å²) in [6.45, 7) is 3.91. The lowest BCUT2D eigenvalue weighted by Gasteiger charge is -2.13. The summed E-state index contributed by atoms with van der Waals surface area (Å²) in [4.78, 5) is 0.243. The van der Waals surface area contributed by atoms with Gasteiger partial charge in [-0.3, -0.25) is 0 Å². The Kier molecular flexibility index (Phi) is 6.27. The summed E-state index contributed by atoms with van der Waals surface area (Å²) >= 11 is 0. The van der Waals surface area contributed by atoms with Crippen molar-refractivity contribution in [1.82, 2.24) is 4.72 Å². The molecule has 1 N–H and O–H groups in total. The number of ether oxygens (including phenoxy) is 3. The van der Waals surface area contributed by atoms with Crippen molar-refractivity contribution in [3.05, 3.63) is 47.5 Å². The van der Waals surface area contributed by atoms with Crippen molar-refractivity contribution in [2.75, 3.05) is 27.4 Å². The molecule has 0 heterocycles. The predicted molar refractivity (Wildman–Crippen MR) is 96.1 cm³/mol. The fraction of sp³-hybridized carbons (Fsp3) is 0.333. The van der Waals surface area contributed by atoms with Gasteiger partial charge in [0.1, 0.15) is 23.9 Å². The third-order valence-corrected chi connectivity index (χ3v) is 5.29. The molecule has 0 aliphatic carbocycles. The van der Waals surface area contributed by atoms with Crippen LogP contribution in [0.15, 0.2) is 41.3 Å². The molecule has 0 aliphatic rings. The first kappa shape index (κ1) is 19.1. The van der Waals surface area contributed by atoms with Crippen LogP contribution in [0.5, 0.6) is 17.2 Å². The van der Waals surface area contributed by atoms with E-state index in [1.54, 1.807) is 45.4 Å². The van der Waals surface area contributed by atoms with Gasteiger partial charge in [-0.25, -0.2) is 13.1 Å². The van der Waals surface area contributed by atoms with Crippen LogP contribution in [0, 0.1) is 13.8 Å². The lowest BCUT2D eigenvalue weighted by Crippen LogP contribution is -2.29. The molecule has 0 unspecified atom stereocenters. The predicted octanol–water partition coefficient (Wildman–Crippen LogP) is 2.68. The molecule has 0 saturated carbocycles. The van der Waals surface area contributed by atoms with Crippen LogP contribution in [-0.2, 0) is 10.0 Å². The Bertz CT molecular complexity index is 833. The lowest BCUT2D eigenvalue weighted by molar-refractivity contribution is 0.320. The maximum absolute atomic E-state index is 12.5. The second-order valence-corrected chi connectivity index (χ2v) is 7.25. The number of sulfonamides is 1. The Morgan fingerprint density at radius 1 is 0.960 bits per heavy atom. The van der Waals surface area contributed by atoms with Gasteiger partial charge in [0.15, 0.2) is 0 Å². The molecule has 2 rings (SSSR count). The zero-order valence-corrected chi connectivity index (χ0v) is 15.6. The molecule has 0 atom stereocenters. The highest BCUT2D eigenvalue weighted by Crippen LogP contribution is 2.25. The zero-order valence-electron chi connectivity index (χ0n) is 14.8. The van der Waals surface area contributed by atoms with Crippen LogP contribution in [-0.4, -0.2) is 35.8 Å². The van der Waals surface area contributed by atoms with Gasteiger partial charge in [-0.2, -0.15) is 0 Å². The van der Waals surface area contributed by atoms with Crippen molar-refractivity contribution < 1.29 is 22.6 Å². The molecule has 136 valence electrons. The minimum Gasteiger partial charge on any atom is -0.497 e. The fourth-order valence-corrected chi connectivity index (χ4v) is 3.71. The Morgan fingerprint density at radius 2 is 1.68 bits per heavy atom. The standard InChI is InChI=1S/C18H23NO5S/c1-13-11-18(14(2)10-17(13)23-4)25(20,21)19-8-9-24-16-7-5-6-15(12-16)22-3/h5-7,10-12,19H,8-9H2,1-4H3. The summed E-state index contributed by atoms with van der Waals surface area (Å²) in [5.74, 6) is 1.97. The maximum atomic E-state index is 12.5. The van der Waals surface area contributed by atoms with Gasteiger partial charge in [0, 0.05) is 12.6 Å². The second kappa shape index (κ2) is 8.22. The number of benzene rings is 2. The van der Waals surface area contributed by atoms with Gasteiger partial charge in [-0.1, -0.05) is 6.07 Å². The van der Waals surface area contributed by atoms with Crippen molar-refractivity contribution in [1.29, 1.82) is 0 Å². The molecule has 0 bridgehead atoms. The van der Waals surface area contributed by atoms with E-state index in [-0.39, 0.29) is 18.0 Å². The van der Waals surface area contributed by atoms with E-state index in [2.05, 4.69) is 4.72 Å². The van der Waals surface area contributed by atoms with Gasteiger partial charge in [-0.05, 0) is 49.2 Å². The topological polar surface area (TPSA) is 73.9 Å². The zero-order chi connectivity index (χ0) is 18.4. The first-order valence-electron chi connectivity index (χ1n) is 7.79. The lowest BCUT2D eigenvalue weighted by atomic mass is 10.1. The molecule has 2 aromatic carbocycles. The second-order valence-electron chi connectivity index (χ2n) is 5.51.